The summed E-state index contributed by atoms with van der Waals surface area (Å²) in [5, 5.41) is 9.40. The zero-order valence-corrected chi connectivity index (χ0v) is 12.9. The second-order valence-corrected chi connectivity index (χ2v) is 6.10. The average Bonchev–Trinajstić information content (AvgIpc) is 2.47. The number of hydrogen-bond donors (Lipinski definition) is 1. The van der Waals surface area contributed by atoms with Gasteiger partial charge in [-0.3, -0.25) is 0 Å². The summed E-state index contributed by atoms with van der Waals surface area (Å²) >= 11 is 0. The molecule has 0 fully saturated rings. The smallest absolute Gasteiger partial charge is 0.349 e. The summed E-state index contributed by atoms with van der Waals surface area (Å²) in [4.78, 5) is 12.5. The van der Waals surface area contributed by atoms with Crippen molar-refractivity contribution in [1.29, 1.82) is 0 Å². The SMILES string of the molecule is C=CC(=C(C(=O)O)S(=O)(=O)c1ccccc1)N(CC)CC. The summed E-state index contributed by atoms with van der Waals surface area (Å²) in [5.41, 5.74) is 0.108. The first-order valence-electron chi connectivity index (χ1n) is 6.55. The molecule has 0 unspecified atom stereocenters. The number of aliphatic carboxylic acids is 1. The molecule has 0 atom stereocenters. The summed E-state index contributed by atoms with van der Waals surface area (Å²) in [6, 6.07) is 7.53. The molecule has 0 saturated carbocycles. The molecule has 0 aliphatic rings. The molecule has 0 aromatic heterocycles. The zero-order chi connectivity index (χ0) is 16.0. The van der Waals surface area contributed by atoms with Gasteiger partial charge in [0, 0.05) is 13.1 Å². The first-order valence-corrected chi connectivity index (χ1v) is 8.03. The molecule has 1 rings (SSSR count). The normalized spacial score (nSPS) is 12.5. The maximum absolute atomic E-state index is 12.6. The Labute approximate surface area is 125 Å². The fraction of sp³-hybridized carbons (Fsp3) is 0.267. The molecule has 6 heteroatoms. The van der Waals surface area contributed by atoms with Gasteiger partial charge in [-0.05, 0) is 32.1 Å². The largest absolute Gasteiger partial charge is 0.477 e. The fourth-order valence-corrected chi connectivity index (χ4v) is 3.48. The molecule has 0 heterocycles. The van der Waals surface area contributed by atoms with Crippen molar-refractivity contribution in [3.05, 3.63) is 53.6 Å². The second kappa shape index (κ2) is 7.08. The van der Waals surface area contributed by atoms with E-state index in [0.29, 0.717) is 13.1 Å². The van der Waals surface area contributed by atoms with Crippen LogP contribution in [0.2, 0.25) is 0 Å². The predicted molar refractivity (Wildman–Crippen MR) is 81.4 cm³/mol. The monoisotopic (exact) mass is 309 g/mol. The predicted octanol–water partition coefficient (Wildman–Crippen LogP) is 2.28. The third-order valence-electron chi connectivity index (χ3n) is 3.05. The standard InChI is InChI=1S/C15H19NO4S/c1-4-13(16(5-2)6-3)14(15(17)18)21(19,20)12-10-8-7-9-11-12/h4,7-11H,1,5-6H2,2-3H3,(H,17,18). The van der Waals surface area contributed by atoms with Crippen LogP contribution in [0.1, 0.15) is 13.8 Å². The Morgan fingerprint density at radius 2 is 1.76 bits per heavy atom. The van der Waals surface area contributed by atoms with Gasteiger partial charge in [0.1, 0.15) is 0 Å². The Morgan fingerprint density at radius 3 is 2.14 bits per heavy atom. The first kappa shape index (κ1) is 17.0. The number of carboxylic acids is 1. The van der Waals surface area contributed by atoms with Crippen molar-refractivity contribution in [2.24, 2.45) is 0 Å². The van der Waals surface area contributed by atoms with E-state index in [1.54, 1.807) is 23.1 Å². The van der Waals surface area contributed by atoms with Crippen LogP contribution in [0.25, 0.3) is 0 Å². The number of hydrogen-bond acceptors (Lipinski definition) is 4. The number of sulfone groups is 1. The van der Waals surface area contributed by atoms with Crippen molar-refractivity contribution in [2.75, 3.05) is 13.1 Å². The Bertz CT molecular complexity index is 644. The van der Waals surface area contributed by atoms with Crippen LogP contribution in [-0.2, 0) is 14.6 Å². The van der Waals surface area contributed by atoms with Gasteiger partial charge in [0.25, 0.3) is 0 Å². The van der Waals surface area contributed by atoms with Crippen LogP contribution in [0.15, 0.2) is 58.5 Å². The van der Waals surface area contributed by atoms with Crippen LogP contribution in [0.4, 0.5) is 0 Å². The summed E-state index contributed by atoms with van der Waals surface area (Å²) < 4.78 is 25.2. The third kappa shape index (κ3) is 3.52. The van der Waals surface area contributed by atoms with Crippen molar-refractivity contribution in [3.8, 4) is 0 Å². The second-order valence-electron chi connectivity index (χ2n) is 4.21. The fourth-order valence-electron chi connectivity index (χ4n) is 2.01. The van der Waals surface area contributed by atoms with E-state index in [2.05, 4.69) is 6.58 Å². The number of allylic oxidation sites excluding steroid dienone is 1. The van der Waals surface area contributed by atoms with E-state index in [0.717, 1.165) is 0 Å². The van der Waals surface area contributed by atoms with Crippen LogP contribution in [0, 0.1) is 0 Å². The van der Waals surface area contributed by atoms with E-state index in [9.17, 15) is 18.3 Å². The number of nitrogens with zero attached hydrogens (tertiary/aromatic N) is 1. The Hall–Kier alpha value is -2.08. The van der Waals surface area contributed by atoms with E-state index in [4.69, 9.17) is 0 Å². The van der Waals surface area contributed by atoms with Crippen LogP contribution in [-0.4, -0.2) is 37.5 Å². The molecule has 1 aromatic rings. The molecule has 0 aliphatic heterocycles. The number of rotatable bonds is 7. The van der Waals surface area contributed by atoms with Crippen molar-refractivity contribution in [3.63, 3.8) is 0 Å². The lowest BCUT2D eigenvalue weighted by Crippen LogP contribution is -2.27. The lowest BCUT2D eigenvalue weighted by Gasteiger charge is -2.24. The molecule has 114 valence electrons. The molecule has 1 aromatic carbocycles. The van der Waals surface area contributed by atoms with Gasteiger partial charge in [0.2, 0.25) is 9.84 Å². The lowest BCUT2D eigenvalue weighted by atomic mass is 10.3. The van der Waals surface area contributed by atoms with Crippen LogP contribution in [0.3, 0.4) is 0 Å². The Balaban J connectivity index is 3.63. The van der Waals surface area contributed by atoms with Gasteiger partial charge in [-0.1, -0.05) is 24.8 Å². The molecule has 0 amide bonds. The van der Waals surface area contributed by atoms with Gasteiger partial charge < -0.3 is 10.0 Å². The maximum Gasteiger partial charge on any atom is 0.349 e. The molecule has 0 bridgehead atoms. The van der Waals surface area contributed by atoms with Gasteiger partial charge in [-0.25, -0.2) is 13.2 Å². The molecule has 0 spiro atoms. The molecular weight excluding hydrogens is 290 g/mol. The van der Waals surface area contributed by atoms with Crippen molar-refractivity contribution in [1.82, 2.24) is 4.90 Å². The van der Waals surface area contributed by atoms with Crippen LogP contribution in [0.5, 0.6) is 0 Å². The van der Waals surface area contributed by atoms with Crippen molar-refractivity contribution >= 4 is 15.8 Å². The minimum absolute atomic E-state index is 0.0473. The number of carbonyl (C=O) groups is 1. The molecular formula is C15H19NO4S. The molecule has 5 nitrogen and oxygen atoms in total. The van der Waals surface area contributed by atoms with Crippen molar-refractivity contribution < 1.29 is 18.3 Å². The Kier molecular flexibility index (Phi) is 5.72. The highest BCUT2D eigenvalue weighted by Gasteiger charge is 2.31. The van der Waals surface area contributed by atoms with Gasteiger partial charge >= 0.3 is 5.97 Å². The number of likely N-dealkylation sites (N-methyl/N-ethyl adjacent to an activating group) is 1. The van der Waals surface area contributed by atoms with E-state index in [-0.39, 0.29) is 10.6 Å². The first-order chi connectivity index (χ1) is 9.89. The van der Waals surface area contributed by atoms with E-state index < -0.39 is 20.7 Å². The minimum atomic E-state index is -4.11. The lowest BCUT2D eigenvalue weighted by molar-refractivity contribution is -0.132. The summed E-state index contributed by atoms with van der Waals surface area (Å²) in [5.74, 6) is -1.49. The van der Waals surface area contributed by atoms with E-state index in [1.165, 1.54) is 18.2 Å². The highest BCUT2D eigenvalue weighted by molar-refractivity contribution is 7.96. The van der Waals surface area contributed by atoms with Gasteiger partial charge in [0.05, 0.1) is 10.6 Å². The summed E-state index contributed by atoms with van der Waals surface area (Å²) in [7, 11) is -4.11. The maximum atomic E-state index is 12.6. The molecule has 0 saturated heterocycles. The van der Waals surface area contributed by atoms with Gasteiger partial charge in [0.15, 0.2) is 4.91 Å². The molecule has 21 heavy (non-hydrogen) atoms. The minimum Gasteiger partial charge on any atom is -0.477 e. The third-order valence-corrected chi connectivity index (χ3v) is 4.86. The van der Waals surface area contributed by atoms with Crippen molar-refractivity contribution in [2.45, 2.75) is 18.7 Å². The highest BCUT2D eigenvalue weighted by atomic mass is 32.2. The average molecular weight is 309 g/mol. The van der Waals surface area contributed by atoms with E-state index >= 15 is 0 Å². The van der Waals surface area contributed by atoms with E-state index in [1.807, 2.05) is 13.8 Å². The summed E-state index contributed by atoms with van der Waals surface area (Å²) in [6.07, 6.45) is 1.27. The van der Waals surface area contributed by atoms with Gasteiger partial charge in [-0.2, -0.15) is 0 Å². The molecule has 0 aliphatic carbocycles. The number of carboxylic acid groups (broad SMARTS) is 1. The highest BCUT2D eigenvalue weighted by Crippen LogP contribution is 2.24. The van der Waals surface area contributed by atoms with Crippen LogP contribution < -0.4 is 0 Å². The van der Waals surface area contributed by atoms with Gasteiger partial charge in [-0.15, -0.1) is 0 Å². The molecule has 0 radical (unpaired) electrons. The quantitative estimate of drug-likeness (QED) is 0.618. The zero-order valence-electron chi connectivity index (χ0n) is 12.1. The summed E-state index contributed by atoms with van der Waals surface area (Å²) in [6.45, 7) is 8.17. The number of benzene rings is 1. The molecule has 1 N–H and O–H groups in total. The van der Waals surface area contributed by atoms with Crippen LogP contribution >= 0.6 is 0 Å². The topological polar surface area (TPSA) is 74.7 Å². The Morgan fingerprint density at radius 1 is 1.24 bits per heavy atom.